The van der Waals surface area contributed by atoms with Crippen molar-refractivity contribution in [1.29, 1.82) is 0 Å². The highest BCUT2D eigenvalue weighted by Gasteiger charge is 2.39. The molecule has 1 amide bonds. The van der Waals surface area contributed by atoms with Crippen LogP contribution in [0.1, 0.15) is 25.0 Å². The highest BCUT2D eigenvalue weighted by Crippen LogP contribution is 2.32. The zero-order chi connectivity index (χ0) is 11.1. The van der Waals surface area contributed by atoms with Gasteiger partial charge in [-0.1, -0.05) is 0 Å². The van der Waals surface area contributed by atoms with Gasteiger partial charge in [-0.25, -0.2) is 0 Å². The van der Waals surface area contributed by atoms with Gasteiger partial charge in [0.25, 0.3) is 5.91 Å². The van der Waals surface area contributed by atoms with E-state index in [-0.39, 0.29) is 11.8 Å². The van der Waals surface area contributed by atoms with Crippen LogP contribution < -0.4 is 5.01 Å². The number of amides is 1. The van der Waals surface area contributed by atoms with Gasteiger partial charge in [-0.2, -0.15) is 15.2 Å². The van der Waals surface area contributed by atoms with Gasteiger partial charge < -0.3 is 0 Å². The van der Waals surface area contributed by atoms with E-state index in [9.17, 15) is 4.79 Å². The van der Waals surface area contributed by atoms with Crippen LogP contribution >= 0.6 is 0 Å². The summed E-state index contributed by atoms with van der Waals surface area (Å²) >= 11 is 0. The first kappa shape index (κ1) is 9.45. The summed E-state index contributed by atoms with van der Waals surface area (Å²) in [6, 6.07) is 3.62. The number of carbonyl (C=O) groups is 1. The van der Waals surface area contributed by atoms with Crippen molar-refractivity contribution in [2.24, 2.45) is 11.0 Å². The molecule has 16 heavy (non-hydrogen) atoms. The predicted molar refractivity (Wildman–Crippen MR) is 59.0 cm³/mol. The molecule has 1 atom stereocenters. The third-order valence-electron chi connectivity index (χ3n) is 3.06. The first-order valence-corrected chi connectivity index (χ1v) is 5.47. The molecule has 1 saturated carbocycles. The van der Waals surface area contributed by atoms with Crippen molar-refractivity contribution in [3.05, 3.63) is 17.8 Å². The Kier molecular flexibility index (Phi) is 1.99. The van der Waals surface area contributed by atoms with E-state index in [4.69, 9.17) is 0 Å². The number of hydrogen-bond donors (Lipinski definition) is 0. The summed E-state index contributed by atoms with van der Waals surface area (Å²) in [5.74, 6) is 0.575. The standard InChI is InChI=1S/C11H12N4O/c1-7-5-6-10(13-12-7)15-11(16)8-3-2-4-9(8)14-15/h5-6,8H,2-4H2,1H3. The minimum Gasteiger partial charge on any atom is -0.272 e. The lowest BCUT2D eigenvalue weighted by Gasteiger charge is -2.11. The highest BCUT2D eigenvalue weighted by molar-refractivity contribution is 6.16. The Morgan fingerprint density at radius 3 is 2.94 bits per heavy atom. The first-order chi connectivity index (χ1) is 7.75. The topological polar surface area (TPSA) is 58.5 Å². The number of rotatable bonds is 1. The van der Waals surface area contributed by atoms with Gasteiger partial charge in [0.15, 0.2) is 5.82 Å². The molecule has 5 heteroatoms. The molecular formula is C11H12N4O. The van der Waals surface area contributed by atoms with E-state index in [1.165, 1.54) is 5.01 Å². The normalized spacial score (nSPS) is 23.6. The molecule has 1 unspecified atom stereocenters. The molecule has 1 aliphatic carbocycles. The van der Waals surface area contributed by atoms with Crippen molar-refractivity contribution in [3.8, 4) is 0 Å². The number of aromatic nitrogens is 2. The molecule has 5 nitrogen and oxygen atoms in total. The second-order valence-corrected chi connectivity index (χ2v) is 4.22. The zero-order valence-corrected chi connectivity index (χ0v) is 9.05. The molecule has 3 rings (SSSR count). The molecule has 1 aliphatic heterocycles. The molecule has 0 saturated heterocycles. The van der Waals surface area contributed by atoms with Crippen molar-refractivity contribution in [2.75, 3.05) is 5.01 Å². The van der Waals surface area contributed by atoms with Crippen molar-refractivity contribution in [2.45, 2.75) is 26.2 Å². The second kappa shape index (κ2) is 3.37. The Morgan fingerprint density at radius 1 is 1.38 bits per heavy atom. The quantitative estimate of drug-likeness (QED) is 0.710. The maximum Gasteiger partial charge on any atom is 0.257 e. The molecule has 1 fully saturated rings. The van der Waals surface area contributed by atoms with E-state index in [0.717, 1.165) is 30.7 Å². The molecule has 2 aliphatic rings. The molecule has 1 aromatic rings. The minimum absolute atomic E-state index is 0.00287. The number of carbonyl (C=O) groups excluding carboxylic acids is 1. The SMILES string of the molecule is Cc1ccc(N2N=C3CCCC3C2=O)nn1. The summed E-state index contributed by atoms with van der Waals surface area (Å²) < 4.78 is 0. The minimum atomic E-state index is 0.00287. The van der Waals surface area contributed by atoms with Crippen molar-refractivity contribution in [1.82, 2.24) is 10.2 Å². The summed E-state index contributed by atoms with van der Waals surface area (Å²) in [5, 5.41) is 13.6. The van der Waals surface area contributed by atoms with Crippen molar-refractivity contribution < 1.29 is 4.79 Å². The van der Waals surface area contributed by atoms with E-state index in [1.54, 1.807) is 6.07 Å². The van der Waals surface area contributed by atoms with Crippen molar-refractivity contribution in [3.63, 3.8) is 0 Å². The van der Waals surface area contributed by atoms with Gasteiger partial charge in [0.1, 0.15) is 0 Å². The van der Waals surface area contributed by atoms with Gasteiger partial charge in [-0.15, -0.1) is 5.10 Å². The summed E-state index contributed by atoms with van der Waals surface area (Å²) in [5.41, 5.74) is 1.84. The number of hydrogen-bond acceptors (Lipinski definition) is 4. The fourth-order valence-electron chi connectivity index (χ4n) is 2.21. The lowest BCUT2D eigenvalue weighted by molar-refractivity contribution is -0.119. The summed E-state index contributed by atoms with van der Waals surface area (Å²) in [7, 11) is 0. The van der Waals surface area contributed by atoms with Crippen LogP contribution in [-0.2, 0) is 4.79 Å². The molecule has 2 heterocycles. The molecule has 0 aromatic carbocycles. The Bertz CT molecular complexity index is 465. The van der Waals surface area contributed by atoms with Crippen LogP contribution in [-0.4, -0.2) is 21.8 Å². The zero-order valence-electron chi connectivity index (χ0n) is 9.05. The number of aryl methyl sites for hydroxylation is 1. The Hall–Kier alpha value is -1.78. The average molecular weight is 216 g/mol. The molecule has 0 spiro atoms. The van der Waals surface area contributed by atoms with E-state index < -0.39 is 0 Å². The number of hydrazone groups is 1. The highest BCUT2D eigenvalue weighted by atomic mass is 16.2. The molecule has 0 N–H and O–H groups in total. The van der Waals surface area contributed by atoms with Crippen molar-refractivity contribution >= 4 is 17.4 Å². The number of anilines is 1. The van der Waals surface area contributed by atoms with E-state index in [0.29, 0.717) is 5.82 Å². The second-order valence-electron chi connectivity index (χ2n) is 4.22. The summed E-state index contributed by atoms with van der Waals surface area (Å²) in [6.45, 7) is 1.86. The van der Waals surface area contributed by atoms with Gasteiger partial charge in [0.05, 0.1) is 17.3 Å². The predicted octanol–water partition coefficient (Wildman–Crippen LogP) is 1.29. The molecule has 0 bridgehead atoms. The molecule has 0 radical (unpaired) electrons. The van der Waals surface area contributed by atoms with E-state index in [1.807, 2.05) is 13.0 Å². The first-order valence-electron chi connectivity index (χ1n) is 5.47. The Labute approximate surface area is 93.2 Å². The molecular weight excluding hydrogens is 204 g/mol. The van der Waals surface area contributed by atoms with Crippen LogP contribution in [0.4, 0.5) is 5.82 Å². The lowest BCUT2D eigenvalue weighted by Crippen LogP contribution is -2.26. The third-order valence-corrected chi connectivity index (χ3v) is 3.06. The van der Waals surface area contributed by atoms with Crippen LogP contribution in [0.2, 0.25) is 0 Å². The van der Waals surface area contributed by atoms with Crippen LogP contribution in [0.5, 0.6) is 0 Å². The summed E-state index contributed by atoms with van der Waals surface area (Å²) in [6.07, 6.45) is 2.93. The largest absolute Gasteiger partial charge is 0.272 e. The van der Waals surface area contributed by atoms with E-state index in [2.05, 4.69) is 15.3 Å². The van der Waals surface area contributed by atoms with Gasteiger partial charge >= 0.3 is 0 Å². The van der Waals surface area contributed by atoms with Gasteiger partial charge in [0, 0.05) is 0 Å². The van der Waals surface area contributed by atoms with Crippen LogP contribution in [0.3, 0.4) is 0 Å². The van der Waals surface area contributed by atoms with Crippen LogP contribution in [0.25, 0.3) is 0 Å². The fourth-order valence-corrected chi connectivity index (χ4v) is 2.21. The number of fused-ring (bicyclic) bond motifs is 1. The van der Waals surface area contributed by atoms with Crippen LogP contribution in [0, 0.1) is 12.8 Å². The maximum atomic E-state index is 12.0. The summed E-state index contributed by atoms with van der Waals surface area (Å²) in [4.78, 5) is 12.0. The van der Waals surface area contributed by atoms with Crippen LogP contribution in [0.15, 0.2) is 17.2 Å². The smallest absolute Gasteiger partial charge is 0.257 e. The van der Waals surface area contributed by atoms with Gasteiger partial charge in [-0.3, -0.25) is 4.79 Å². The fraction of sp³-hybridized carbons (Fsp3) is 0.455. The monoisotopic (exact) mass is 216 g/mol. The third kappa shape index (κ3) is 1.31. The average Bonchev–Trinajstić information content (AvgIpc) is 2.84. The van der Waals surface area contributed by atoms with E-state index >= 15 is 0 Å². The van der Waals surface area contributed by atoms with Gasteiger partial charge in [0.2, 0.25) is 0 Å². The Balaban J connectivity index is 1.94. The number of nitrogens with zero attached hydrogens (tertiary/aromatic N) is 4. The Morgan fingerprint density at radius 2 is 2.25 bits per heavy atom. The lowest BCUT2D eigenvalue weighted by atomic mass is 10.1. The maximum absolute atomic E-state index is 12.0. The van der Waals surface area contributed by atoms with Gasteiger partial charge in [-0.05, 0) is 38.3 Å². The molecule has 1 aromatic heterocycles. The molecule has 82 valence electrons.